The predicted octanol–water partition coefficient (Wildman–Crippen LogP) is 2.93. The highest BCUT2D eigenvalue weighted by Gasteiger charge is 2.33. The second kappa shape index (κ2) is 7.20. The van der Waals surface area contributed by atoms with Gasteiger partial charge in [0.05, 0.1) is 11.5 Å². The van der Waals surface area contributed by atoms with Gasteiger partial charge in [-0.1, -0.05) is 22.9 Å². The van der Waals surface area contributed by atoms with E-state index in [1.165, 1.54) is 6.07 Å². The lowest BCUT2D eigenvalue weighted by atomic mass is 9.92. The van der Waals surface area contributed by atoms with Gasteiger partial charge in [0.15, 0.2) is 9.84 Å². The second-order valence-corrected chi connectivity index (χ2v) is 8.81. The fraction of sp³-hybridized carbons (Fsp3) is 0.600. The van der Waals surface area contributed by atoms with Crippen LogP contribution in [0.5, 0.6) is 0 Å². The highest BCUT2D eigenvalue weighted by molar-refractivity contribution is 9.10. The number of halogens is 2. The lowest BCUT2D eigenvalue weighted by molar-refractivity contribution is 0.375. The zero-order valence-corrected chi connectivity index (χ0v) is 14.5. The second-order valence-electron chi connectivity index (χ2n) is 5.66. The first-order chi connectivity index (χ1) is 9.91. The molecule has 1 aliphatic heterocycles. The van der Waals surface area contributed by atoms with Crippen LogP contribution in [0.3, 0.4) is 0 Å². The van der Waals surface area contributed by atoms with Crippen molar-refractivity contribution in [1.82, 2.24) is 5.32 Å². The summed E-state index contributed by atoms with van der Waals surface area (Å²) in [5, 5.41) is 3.40. The highest BCUT2D eigenvalue weighted by Crippen LogP contribution is 2.26. The lowest BCUT2D eigenvalue weighted by Gasteiger charge is -2.24. The monoisotopic (exact) mass is 377 g/mol. The third-order valence-electron chi connectivity index (χ3n) is 3.94. The van der Waals surface area contributed by atoms with Crippen molar-refractivity contribution in [1.29, 1.82) is 0 Å². The van der Waals surface area contributed by atoms with Gasteiger partial charge in [0, 0.05) is 10.5 Å². The fourth-order valence-corrected chi connectivity index (χ4v) is 5.10. The molecule has 21 heavy (non-hydrogen) atoms. The molecule has 0 aromatic heterocycles. The molecule has 0 aliphatic carbocycles. The quantitative estimate of drug-likeness (QED) is 0.828. The molecule has 2 rings (SSSR count). The molecule has 3 nitrogen and oxygen atoms in total. The van der Waals surface area contributed by atoms with E-state index in [0.29, 0.717) is 18.4 Å². The van der Waals surface area contributed by atoms with E-state index < -0.39 is 9.84 Å². The van der Waals surface area contributed by atoms with E-state index in [0.717, 1.165) is 17.4 Å². The van der Waals surface area contributed by atoms with E-state index in [1.807, 2.05) is 0 Å². The average molecular weight is 378 g/mol. The van der Waals surface area contributed by atoms with E-state index >= 15 is 0 Å². The van der Waals surface area contributed by atoms with E-state index in [4.69, 9.17) is 0 Å². The van der Waals surface area contributed by atoms with Crippen molar-refractivity contribution in [3.05, 3.63) is 34.1 Å². The van der Waals surface area contributed by atoms with Gasteiger partial charge < -0.3 is 5.32 Å². The molecule has 0 amide bonds. The van der Waals surface area contributed by atoms with Crippen molar-refractivity contribution in [3.63, 3.8) is 0 Å². The van der Waals surface area contributed by atoms with Gasteiger partial charge in [0.2, 0.25) is 0 Å². The normalized spacial score (nSPS) is 22.3. The van der Waals surface area contributed by atoms with Crippen molar-refractivity contribution < 1.29 is 12.8 Å². The van der Waals surface area contributed by atoms with Crippen molar-refractivity contribution in [2.24, 2.45) is 5.92 Å². The van der Waals surface area contributed by atoms with Crippen LogP contribution in [-0.2, 0) is 16.3 Å². The highest BCUT2D eigenvalue weighted by atomic mass is 79.9. The van der Waals surface area contributed by atoms with E-state index in [-0.39, 0.29) is 29.3 Å². The fourth-order valence-electron chi connectivity index (χ4n) is 2.81. The summed E-state index contributed by atoms with van der Waals surface area (Å²) in [5.74, 6) is 0.301. The third-order valence-corrected chi connectivity index (χ3v) is 6.23. The van der Waals surface area contributed by atoms with Crippen molar-refractivity contribution in [3.8, 4) is 0 Å². The molecule has 1 saturated heterocycles. The van der Waals surface area contributed by atoms with Gasteiger partial charge in [-0.05, 0) is 55.5 Å². The number of hydrogen-bond donors (Lipinski definition) is 1. The zero-order chi connectivity index (χ0) is 15.5. The summed E-state index contributed by atoms with van der Waals surface area (Å²) in [6, 6.07) is 4.90. The largest absolute Gasteiger partial charge is 0.313 e. The van der Waals surface area contributed by atoms with Gasteiger partial charge in [0.25, 0.3) is 0 Å². The molecular formula is C15H21BrFNO2S. The van der Waals surface area contributed by atoms with Crippen LogP contribution in [-0.4, -0.2) is 32.5 Å². The summed E-state index contributed by atoms with van der Waals surface area (Å²) < 4.78 is 38.1. The molecular weight excluding hydrogens is 357 g/mol. The van der Waals surface area contributed by atoms with Crippen LogP contribution in [0.1, 0.15) is 25.3 Å². The lowest BCUT2D eigenvalue weighted by Crippen LogP contribution is -2.39. The molecule has 1 aliphatic rings. The predicted molar refractivity (Wildman–Crippen MR) is 86.6 cm³/mol. The molecule has 1 N–H and O–H groups in total. The molecule has 118 valence electrons. The van der Waals surface area contributed by atoms with Crippen molar-refractivity contribution in [2.75, 3.05) is 18.1 Å². The smallest absolute Gasteiger partial charge is 0.150 e. The summed E-state index contributed by atoms with van der Waals surface area (Å²) in [6.07, 6.45) is 2.15. The molecule has 2 atom stereocenters. The number of benzene rings is 1. The molecule has 2 unspecified atom stereocenters. The van der Waals surface area contributed by atoms with Crippen LogP contribution in [0.2, 0.25) is 0 Å². The first kappa shape index (κ1) is 16.9. The molecule has 1 fully saturated rings. The van der Waals surface area contributed by atoms with Crippen LogP contribution >= 0.6 is 15.9 Å². The van der Waals surface area contributed by atoms with E-state index in [1.54, 1.807) is 12.1 Å². The Morgan fingerprint density at radius 1 is 1.48 bits per heavy atom. The van der Waals surface area contributed by atoms with Gasteiger partial charge in [-0.2, -0.15) is 0 Å². The minimum Gasteiger partial charge on any atom is -0.313 e. The maximum atomic E-state index is 13.9. The summed E-state index contributed by atoms with van der Waals surface area (Å²) >= 11 is 3.36. The van der Waals surface area contributed by atoms with Crippen molar-refractivity contribution >= 4 is 25.8 Å². The van der Waals surface area contributed by atoms with E-state index in [9.17, 15) is 12.8 Å². The number of rotatable bonds is 6. The minimum atomic E-state index is -2.92. The van der Waals surface area contributed by atoms with Gasteiger partial charge in [-0.3, -0.25) is 0 Å². The van der Waals surface area contributed by atoms with Crippen LogP contribution < -0.4 is 5.32 Å². The zero-order valence-electron chi connectivity index (χ0n) is 12.1. The summed E-state index contributed by atoms with van der Waals surface area (Å²) in [7, 11) is -2.92. The van der Waals surface area contributed by atoms with Gasteiger partial charge in [0.1, 0.15) is 5.82 Å². The molecule has 1 aromatic carbocycles. The first-order valence-corrected chi connectivity index (χ1v) is 9.90. The van der Waals surface area contributed by atoms with Crippen LogP contribution in [0.25, 0.3) is 0 Å². The van der Waals surface area contributed by atoms with Crippen LogP contribution in [0, 0.1) is 11.7 Å². The Morgan fingerprint density at radius 2 is 2.24 bits per heavy atom. The average Bonchev–Trinajstić information content (AvgIpc) is 2.78. The van der Waals surface area contributed by atoms with Gasteiger partial charge in [-0.15, -0.1) is 0 Å². The number of nitrogens with one attached hydrogen (secondary N) is 1. The first-order valence-electron chi connectivity index (χ1n) is 7.29. The number of sulfone groups is 1. The molecule has 0 radical (unpaired) electrons. The summed E-state index contributed by atoms with van der Waals surface area (Å²) in [6.45, 7) is 2.88. The molecule has 6 heteroatoms. The SMILES string of the molecule is CCCNC(Cc1cc(Br)ccc1F)C1CCS(=O)(=O)C1. The standard InChI is InChI=1S/C15H21BrFNO2S/c1-2-6-18-15(11-5-7-21(19,20)10-11)9-12-8-13(16)3-4-14(12)17/h3-4,8,11,15,18H,2,5-7,9-10H2,1H3. The van der Waals surface area contributed by atoms with E-state index in [2.05, 4.69) is 28.2 Å². The van der Waals surface area contributed by atoms with Crippen LogP contribution in [0.15, 0.2) is 22.7 Å². The third kappa shape index (κ3) is 4.76. The molecule has 1 heterocycles. The Morgan fingerprint density at radius 3 is 2.86 bits per heavy atom. The minimum absolute atomic E-state index is 0.00558. The Balaban J connectivity index is 2.14. The summed E-state index contributed by atoms with van der Waals surface area (Å²) in [4.78, 5) is 0. The molecule has 0 bridgehead atoms. The maximum Gasteiger partial charge on any atom is 0.150 e. The summed E-state index contributed by atoms with van der Waals surface area (Å²) in [5.41, 5.74) is 0.627. The Bertz CT molecular complexity index is 591. The van der Waals surface area contributed by atoms with Crippen molar-refractivity contribution in [2.45, 2.75) is 32.2 Å². The Kier molecular flexibility index (Phi) is 5.80. The number of hydrogen-bond acceptors (Lipinski definition) is 3. The molecule has 0 spiro atoms. The topological polar surface area (TPSA) is 46.2 Å². The maximum absolute atomic E-state index is 13.9. The Hall–Kier alpha value is -0.460. The molecule has 1 aromatic rings. The van der Waals surface area contributed by atoms with Gasteiger partial charge in [-0.25, -0.2) is 12.8 Å². The van der Waals surface area contributed by atoms with Crippen LogP contribution in [0.4, 0.5) is 4.39 Å². The van der Waals surface area contributed by atoms with Gasteiger partial charge >= 0.3 is 0 Å². The Labute approximate surface area is 134 Å². The molecule has 0 saturated carbocycles.